The number of ether oxygens (including phenoxy) is 1. The second kappa shape index (κ2) is 4.29. The van der Waals surface area contributed by atoms with Gasteiger partial charge in [0, 0.05) is 6.20 Å². The number of carbonyl (C=O) groups is 1. The van der Waals surface area contributed by atoms with E-state index in [0.717, 1.165) is 0 Å². The lowest BCUT2D eigenvalue weighted by Crippen LogP contribution is -2.19. The number of hydrogen-bond acceptors (Lipinski definition) is 3. The van der Waals surface area contributed by atoms with Crippen LogP contribution in [0.1, 0.15) is 29.6 Å². The van der Waals surface area contributed by atoms with Gasteiger partial charge in [-0.05, 0) is 24.8 Å². The van der Waals surface area contributed by atoms with Gasteiger partial charge in [-0.3, -0.25) is 4.98 Å². The summed E-state index contributed by atoms with van der Waals surface area (Å²) in [5.41, 5.74) is 0.168. The Kier molecular flexibility index (Phi) is 2.85. The molecule has 1 aliphatic carbocycles. The lowest BCUT2D eigenvalue weighted by atomic mass is 9.86. The van der Waals surface area contributed by atoms with Crippen LogP contribution in [0.5, 0.6) is 5.75 Å². The maximum absolute atomic E-state index is 10.7. The first kappa shape index (κ1) is 9.96. The lowest BCUT2D eigenvalue weighted by molar-refractivity contribution is 0.0695. The van der Waals surface area contributed by atoms with Crippen molar-refractivity contribution >= 4 is 5.97 Å². The predicted octanol–water partition coefficient (Wildman–Crippen LogP) is 1.96. The number of carboxylic acids is 1. The zero-order valence-corrected chi connectivity index (χ0v) is 8.35. The molecule has 0 amide bonds. The molecule has 1 N–H and O–H groups in total. The summed E-state index contributed by atoms with van der Waals surface area (Å²) in [6.45, 7) is 0.671. The minimum atomic E-state index is -0.975. The van der Waals surface area contributed by atoms with Crippen LogP contribution in [0.15, 0.2) is 18.5 Å². The van der Waals surface area contributed by atoms with Crippen molar-refractivity contribution in [2.45, 2.75) is 19.3 Å². The standard InChI is InChI=1S/C11H13NO3/c13-11(14)9-4-10(6-12-5-9)15-7-8-2-1-3-8/h4-6,8H,1-3,7H2,(H,13,14). The van der Waals surface area contributed by atoms with Crippen molar-refractivity contribution in [3.05, 3.63) is 24.0 Å². The fraction of sp³-hybridized carbons (Fsp3) is 0.455. The fourth-order valence-electron chi connectivity index (χ4n) is 1.49. The third-order valence-corrected chi connectivity index (χ3v) is 2.67. The molecule has 4 nitrogen and oxygen atoms in total. The highest BCUT2D eigenvalue weighted by Gasteiger charge is 2.18. The van der Waals surface area contributed by atoms with E-state index in [1.54, 1.807) is 6.20 Å². The number of nitrogens with zero attached hydrogens (tertiary/aromatic N) is 1. The van der Waals surface area contributed by atoms with Crippen molar-refractivity contribution in [2.75, 3.05) is 6.61 Å². The molecule has 1 aliphatic rings. The minimum Gasteiger partial charge on any atom is -0.492 e. The van der Waals surface area contributed by atoms with Gasteiger partial charge < -0.3 is 9.84 Å². The van der Waals surface area contributed by atoms with Gasteiger partial charge in [0.1, 0.15) is 5.75 Å². The number of carboxylic acid groups (broad SMARTS) is 1. The topological polar surface area (TPSA) is 59.4 Å². The molecule has 1 aromatic heterocycles. The van der Waals surface area contributed by atoms with Crippen molar-refractivity contribution in [3.63, 3.8) is 0 Å². The van der Waals surface area contributed by atoms with Gasteiger partial charge in [-0.25, -0.2) is 4.79 Å². The first-order valence-electron chi connectivity index (χ1n) is 5.07. The zero-order valence-electron chi connectivity index (χ0n) is 8.35. The molecule has 80 valence electrons. The highest BCUT2D eigenvalue weighted by Crippen LogP contribution is 2.27. The minimum absolute atomic E-state index is 0.168. The van der Waals surface area contributed by atoms with E-state index in [2.05, 4.69) is 4.98 Å². The summed E-state index contributed by atoms with van der Waals surface area (Å²) in [5.74, 6) is 0.205. The Balaban J connectivity index is 1.94. The Bertz CT molecular complexity index is 361. The van der Waals surface area contributed by atoms with E-state index < -0.39 is 5.97 Å². The molecular formula is C11H13NO3. The molecule has 0 unspecified atom stereocenters. The Morgan fingerprint density at radius 2 is 2.33 bits per heavy atom. The number of pyridine rings is 1. The van der Waals surface area contributed by atoms with Gasteiger partial charge in [0.25, 0.3) is 0 Å². The molecule has 2 rings (SSSR count). The monoisotopic (exact) mass is 207 g/mol. The summed E-state index contributed by atoms with van der Waals surface area (Å²) in [5, 5.41) is 8.75. The summed E-state index contributed by atoms with van der Waals surface area (Å²) in [4.78, 5) is 14.5. The molecule has 0 radical (unpaired) electrons. The van der Waals surface area contributed by atoms with E-state index >= 15 is 0 Å². The molecule has 0 bridgehead atoms. The molecule has 0 spiro atoms. The predicted molar refractivity (Wildman–Crippen MR) is 54.0 cm³/mol. The van der Waals surface area contributed by atoms with Crippen LogP contribution < -0.4 is 4.74 Å². The molecule has 0 aromatic carbocycles. The van der Waals surface area contributed by atoms with Crippen LogP contribution in [0.25, 0.3) is 0 Å². The molecule has 0 aliphatic heterocycles. The average Bonchev–Trinajstić information content (AvgIpc) is 2.16. The van der Waals surface area contributed by atoms with E-state index in [-0.39, 0.29) is 5.56 Å². The van der Waals surface area contributed by atoms with Crippen molar-refractivity contribution in [1.29, 1.82) is 0 Å². The van der Waals surface area contributed by atoms with E-state index in [4.69, 9.17) is 9.84 Å². The summed E-state index contributed by atoms with van der Waals surface area (Å²) < 4.78 is 5.47. The van der Waals surface area contributed by atoms with Crippen molar-refractivity contribution in [3.8, 4) is 5.75 Å². The Hall–Kier alpha value is -1.58. The third kappa shape index (κ3) is 2.46. The highest BCUT2D eigenvalue weighted by molar-refractivity contribution is 5.87. The summed E-state index contributed by atoms with van der Waals surface area (Å²) in [6, 6.07) is 1.51. The molecule has 1 fully saturated rings. The van der Waals surface area contributed by atoms with Crippen LogP contribution in [-0.2, 0) is 0 Å². The van der Waals surface area contributed by atoms with E-state index in [1.165, 1.54) is 31.5 Å². The number of aromatic carboxylic acids is 1. The van der Waals surface area contributed by atoms with Gasteiger partial charge in [-0.2, -0.15) is 0 Å². The maximum atomic E-state index is 10.7. The second-order valence-electron chi connectivity index (χ2n) is 3.82. The first-order chi connectivity index (χ1) is 7.25. The van der Waals surface area contributed by atoms with Crippen molar-refractivity contribution in [1.82, 2.24) is 4.98 Å². The molecule has 4 heteroatoms. The second-order valence-corrected chi connectivity index (χ2v) is 3.82. The Morgan fingerprint density at radius 3 is 2.93 bits per heavy atom. The van der Waals surface area contributed by atoms with Gasteiger partial charge >= 0.3 is 5.97 Å². The average molecular weight is 207 g/mol. The molecule has 1 heterocycles. The number of rotatable bonds is 4. The summed E-state index contributed by atoms with van der Waals surface area (Å²) in [6.07, 6.45) is 6.57. The van der Waals surface area contributed by atoms with Crippen LogP contribution >= 0.6 is 0 Å². The summed E-state index contributed by atoms with van der Waals surface area (Å²) >= 11 is 0. The SMILES string of the molecule is O=C(O)c1cncc(OCC2CCC2)c1. The number of aromatic nitrogens is 1. The van der Waals surface area contributed by atoms with Gasteiger partial charge in [0.05, 0.1) is 18.4 Å². The van der Waals surface area contributed by atoms with E-state index in [0.29, 0.717) is 18.3 Å². The third-order valence-electron chi connectivity index (χ3n) is 2.67. The maximum Gasteiger partial charge on any atom is 0.337 e. The lowest BCUT2D eigenvalue weighted by Gasteiger charge is -2.24. The molecular weight excluding hydrogens is 194 g/mol. The smallest absolute Gasteiger partial charge is 0.337 e. The normalized spacial score (nSPS) is 15.7. The van der Waals surface area contributed by atoms with Crippen LogP contribution in [0.2, 0.25) is 0 Å². The van der Waals surface area contributed by atoms with Crippen LogP contribution in [0.3, 0.4) is 0 Å². The first-order valence-corrected chi connectivity index (χ1v) is 5.07. The molecule has 1 saturated carbocycles. The van der Waals surface area contributed by atoms with Crippen LogP contribution in [0, 0.1) is 5.92 Å². The fourth-order valence-corrected chi connectivity index (χ4v) is 1.49. The molecule has 0 atom stereocenters. The Morgan fingerprint density at radius 1 is 1.53 bits per heavy atom. The summed E-state index contributed by atoms with van der Waals surface area (Å²) in [7, 11) is 0. The molecule has 0 saturated heterocycles. The largest absolute Gasteiger partial charge is 0.492 e. The zero-order chi connectivity index (χ0) is 10.7. The highest BCUT2D eigenvalue weighted by atomic mass is 16.5. The van der Waals surface area contributed by atoms with E-state index in [1.807, 2.05) is 0 Å². The van der Waals surface area contributed by atoms with Gasteiger partial charge in [0.2, 0.25) is 0 Å². The van der Waals surface area contributed by atoms with Gasteiger partial charge in [0.15, 0.2) is 0 Å². The van der Waals surface area contributed by atoms with Crippen molar-refractivity contribution in [2.24, 2.45) is 5.92 Å². The van der Waals surface area contributed by atoms with E-state index in [9.17, 15) is 4.79 Å². The molecule has 15 heavy (non-hydrogen) atoms. The van der Waals surface area contributed by atoms with Crippen molar-refractivity contribution < 1.29 is 14.6 Å². The quantitative estimate of drug-likeness (QED) is 0.819. The molecule has 1 aromatic rings. The van der Waals surface area contributed by atoms with Crippen LogP contribution in [-0.4, -0.2) is 22.7 Å². The Labute approximate surface area is 87.9 Å². The van der Waals surface area contributed by atoms with Crippen LogP contribution in [0.4, 0.5) is 0 Å². The number of hydrogen-bond donors (Lipinski definition) is 1. The van der Waals surface area contributed by atoms with Gasteiger partial charge in [-0.15, -0.1) is 0 Å². The van der Waals surface area contributed by atoms with Gasteiger partial charge in [-0.1, -0.05) is 6.42 Å².